The summed E-state index contributed by atoms with van der Waals surface area (Å²) >= 11 is 11.0. The van der Waals surface area contributed by atoms with Gasteiger partial charge in [-0.2, -0.15) is 0 Å². The van der Waals surface area contributed by atoms with Crippen molar-refractivity contribution in [1.82, 2.24) is 0 Å². The summed E-state index contributed by atoms with van der Waals surface area (Å²) in [5.74, 6) is 0.747. The zero-order valence-corrected chi connectivity index (χ0v) is 12.0. The van der Waals surface area contributed by atoms with E-state index in [-0.39, 0.29) is 0 Å². The summed E-state index contributed by atoms with van der Waals surface area (Å²) in [4.78, 5) is 0. The van der Waals surface area contributed by atoms with Gasteiger partial charge >= 0.3 is 0 Å². The minimum atomic E-state index is 0.452. The summed E-state index contributed by atoms with van der Waals surface area (Å²) in [5.41, 5.74) is 1.85. The Hall–Kier alpha value is -1.58. The van der Waals surface area contributed by atoms with Gasteiger partial charge in [0.15, 0.2) is 5.05 Å². The maximum atomic E-state index is 5.92. The van der Waals surface area contributed by atoms with Crippen LogP contribution >= 0.6 is 23.8 Å². The van der Waals surface area contributed by atoms with Crippen molar-refractivity contribution >= 4 is 28.9 Å². The molecule has 0 unspecified atom stereocenters. The van der Waals surface area contributed by atoms with Crippen molar-refractivity contribution in [3.05, 3.63) is 64.7 Å². The lowest BCUT2D eigenvalue weighted by molar-refractivity contribution is 0.306. The average molecular weight is 293 g/mol. The summed E-state index contributed by atoms with van der Waals surface area (Å²) in [6.07, 6.45) is 0. The first-order valence-corrected chi connectivity index (χ1v) is 6.53. The lowest BCUT2D eigenvalue weighted by atomic mass is 10.2. The Morgan fingerprint density at radius 1 is 1.16 bits per heavy atom. The Morgan fingerprint density at radius 2 is 1.95 bits per heavy atom. The van der Waals surface area contributed by atoms with Crippen molar-refractivity contribution in [3.63, 3.8) is 0 Å². The minimum Gasteiger partial charge on any atom is -0.489 e. The van der Waals surface area contributed by atoms with Crippen LogP contribution in [-0.4, -0.2) is 12.2 Å². The van der Waals surface area contributed by atoms with Gasteiger partial charge in [-0.3, -0.25) is 0 Å². The Morgan fingerprint density at radius 3 is 2.68 bits per heavy atom. The Balaban J connectivity index is 2.05. The predicted octanol–water partition coefficient (Wildman–Crippen LogP) is 4.24. The molecule has 2 aromatic rings. The average Bonchev–Trinajstić information content (AvgIpc) is 2.45. The van der Waals surface area contributed by atoms with Gasteiger partial charge < -0.3 is 9.47 Å². The molecule has 2 nitrogen and oxygen atoms in total. The Bertz CT molecular complexity index is 584. The number of rotatable bonds is 4. The first-order chi connectivity index (χ1) is 9.19. The molecule has 0 saturated carbocycles. The van der Waals surface area contributed by atoms with Crippen LogP contribution in [0.1, 0.15) is 11.1 Å². The lowest BCUT2D eigenvalue weighted by Crippen LogP contribution is -2.01. The van der Waals surface area contributed by atoms with Gasteiger partial charge in [0.05, 0.1) is 7.11 Å². The van der Waals surface area contributed by atoms with Crippen LogP contribution in [0.15, 0.2) is 48.5 Å². The second-order valence-electron chi connectivity index (χ2n) is 3.94. The fraction of sp³-hybridized carbons (Fsp3) is 0.133. The largest absolute Gasteiger partial charge is 0.489 e. The van der Waals surface area contributed by atoms with E-state index in [1.165, 1.54) is 0 Å². The van der Waals surface area contributed by atoms with Gasteiger partial charge in [0.2, 0.25) is 0 Å². The summed E-state index contributed by atoms with van der Waals surface area (Å²) in [6.45, 7) is 0.462. The molecule has 0 fully saturated rings. The van der Waals surface area contributed by atoms with Gasteiger partial charge in [0.1, 0.15) is 12.4 Å². The Kier molecular flexibility index (Phi) is 4.77. The van der Waals surface area contributed by atoms with E-state index >= 15 is 0 Å². The molecule has 0 aliphatic heterocycles. The summed E-state index contributed by atoms with van der Waals surface area (Å²) in [5, 5.41) is 1.16. The van der Waals surface area contributed by atoms with Gasteiger partial charge in [-0.25, -0.2) is 0 Å². The standard InChI is InChI=1S/C15H13ClO2S/c1-17-15(19)12-5-3-7-14(9-12)18-10-11-4-2-6-13(16)8-11/h2-9H,10H2,1H3. The number of hydrogen-bond donors (Lipinski definition) is 0. The number of hydrogen-bond acceptors (Lipinski definition) is 3. The third kappa shape index (κ3) is 3.94. The van der Waals surface area contributed by atoms with Crippen LogP contribution in [0.25, 0.3) is 0 Å². The smallest absolute Gasteiger partial charge is 0.190 e. The second kappa shape index (κ2) is 6.55. The van der Waals surface area contributed by atoms with Crippen LogP contribution in [0.4, 0.5) is 0 Å². The Labute approximate surface area is 122 Å². The van der Waals surface area contributed by atoms with Gasteiger partial charge in [-0.15, -0.1) is 0 Å². The highest BCUT2D eigenvalue weighted by Crippen LogP contribution is 2.17. The molecule has 0 spiro atoms. The van der Waals surface area contributed by atoms with Crippen LogP contribution in [0.5, 0.6) is 5.75 Å². The molecule has 19 heavy (non-hydrogen) atoms. The lowest BCUT2D eigenvalue weighted by Gasteiger charge is -2.08. The molecule has 0 heterocycles. The number of benzene rings is 2. The second-order valence-corrected chi connectivity index (χ2v) is 4.75. The fourth-order valence-electron chi connectivity index (χ4n) is 1.62. The SMILES string of the molecule is COC(=S)c1cccc(OCc2cccc(Cl)c2)c1. The van der Waals surface area contributed by atoms with Gasteiger partial charge in [0, 0.05) is 10.6 Å². The molecule has 2 rings (SSSR count). The van der Waals surface area contributed by atoms with Crippen molar-refractivity contribution in [2.45, 2.75) is 6.61 Å². The summed E-state index contributed by atoms with van der Waals surface area (Å²) in [7, 11) is 1.56. The normalized spacial score (nSPS) is 10.0. The molecule has 0 saturated heterocycles. The summed E-state index contributed by atoms with van der Waals surface area (Å²) in [6, 6.07) is 15.1. The van der Waals surface area contributed by atoms with E-state index in [4.69, 9.17) is 33.3 Å². The van der Waals surface area contributed by atoms with Gasteiger partial charge in [0.25, 0.3) is 0 Å². The van der Waals surface area contributed by atoms with E-state index in [0.717, 1.165) is 16.9 Å². The maximum absolute atomic E-state index is 5.92. The maximum Gasteiger partial charge on any atom is 0.190 e. The molecular weight excluding hydrogens is 280 g/mol. The highest BCUT2D eigenvalue weighted by atomic mass is 35.5. The number of ether oxygens (including phenoxy) is 2. The molecule has 0 radical (unpaired) electrons. The van der Waals surface area contributed by atoms with Crippen LogP contribution < -0.4 is 4.74 Å². The van der Waals surface area contributed by atoms with Crippen molar-refractivity contribution in [2.24, 2.45) is 0 Å². The first kappa shape index (κ1) is 13.8. The molecule has 4 heteroatoms. The molecule has 2 aromatic carbocycles. The monoisotopic (exact) mass is 292 g/mol. The van der Waals surface area contributed by atoms with Crippen LogP contribution in [-0.2, 0) is 11.3 Å². The molecule has 0 aliphatic rings. The number of halogens is 1. The van der Waals surface area contributed by atoms with E-state index in [1.807, 2.05) is 48.5 Å². The van der Waals surface area contributed by atoms with Crippen molar-refractivity contribution < 1.29 is 9.47 Å². The van der Waals surface area contributed by atoms with Gasteiger partial charge in [-0.05, 0) is 42.0 Å². The quantitative estimate of drug-likeness (QED) is 0.785. The van der Waals surface area contributed by atoms with E-state index in [9.17, 15) is 0 Å². The van der Waals surface area contributed by atoms with Crippen molar-refractivity contribution in [3.8, 4) is 5.75 Å². The van der Waals surface area contributed by atoms with E-state index in [2.05, 4.69) is 0 Å². The topological polar surface area (TPSA) is 18.5 Å². The predicted molar refractivity (Wildman–Crippen MR) is 80.9 cm³/mol. The third-order valence-electron chi connectivity index (χ3n) is 2.55. The molecule has 0 aromatic heterocycles. The fourth-order valence-corrected chi connectivity index (χ4v) is 1.96. The van der Waals surface area contributed by atoms with E-state index in [0.29, 0.717) is 16.7 Å². The van der Waals surface area contributed by atoms with Crippen LogP contribution in [0.2, 0.25) is 5.02 Å². The third-order valence-corrected chi connectivity index (χ3v) is 3.19. The molecule has 0 aliphatic carbocycles. The molecule has 0 bridgehead atoms. The number of methoxy groups -OCH3 is 1. The molecular formula is C15H13ClO2S. The zero-order chi connectivity index (χ0) is 13.7. The van der Waals surface area contributed by atoms with Crippen molar-refractivity contribution in [1.29, 1.82) is 0 Å². The molecule has 0 amide bonds. The highest BCUT2D eigenvalue weighted by molar-refractivity contribution is 7.80. The van der Waals surface area contributed by atoms with E-state index in [1.54, 1.807) is 7.11 Å². The molecule has 0 N–H and O–H groups in total. The van der Waals surface area contributed by atoms with E-state index < -0.39 is 0 Å². The molecule has 0 atom stereocenters. The first-order valence-electron chi connectivity index (χ1n) is 5.74. The molecule has 98 valence electrons. The zero-order valence-electron chi connectivity index (χ0n) is 10.4. The summed E-state index contributed by atoms with van der Waals surface area (Å²) < 4.78 is 10.7. The number of thiocarbonyl (C=S) groups is 1. The van der Waals surface area contributed by atoms with Crippen molar-refractivity contribution in [2.75, 3.05) is 7.11 Å². The minimum absolute atomic E-state index is 0.452. The van der Waals surface area contributed by atoms with Crippen LogP contribution in [0.3, 0.4) is 0 Å². The van der Waals surface area contributed by atoms with Gasteiger partial charge in [-0.1, -0.05) is 35.9 Å². The van der Waals surface area contributed by atoms with Crippen LogP contribution in [0, 0.1) is 0 Å². The highest BCUT2D eigenvalue weighted by Gasteiger charge is 2.03.